The number of benzene rings is 1. The minimum Gasteiger partial charge on any atom is -0.319 e. The van der Waals surface area contributed by atoms with E-state index < -0.39 is 5.54 Å². The number of carbonyl (C=O) groups is 1. The Morgan fingerprint density at radius 2 is 1.73 bits per heavy atom. The minimum absolute atomic E-state index is 0.0903. The maximum absolute atomic E-state index is 12.1. The third kappa shape index (κ3) is 2.13. The second-order valence-electron chi connectivity index (χ2n) is 4.20. The summed E-state index contributed by atoms with van der Waals surface area (Å²) in [5.41, 5.74) is 6.23. The van der Waals surface area contributed by atoms with Gasteiger partial charge in [-0.3, -0.25) is 4.79 Å². The van der Waals surface area contributed by atoms with E-state index in [0.29, 0.717) is 0 Å². The third-order valence-electron chi connectivity index (χ3n) is 3.05. The van der Waals surface area contributed by atoms with Crippen LogP contribution in [0.1, 0.15) is 36.0 Å². The van der Waals surface area contributed by atoms with Crippen molar-refractivity contribution in [2.75, 3.05) is 0 Å². The van der Waals surface area contributed by atoms with Gasteiger partial charge >= 0.3 is 0 Å². The molecular weight excluding hydrogens is 254 g/mol. The van der Waals surface area contributed by atoms with Crippen LogP contribution in [0.3, 0.4) is 0 Å². The Morgan fingerprint density at radius 1 is 1.20 bits per heavy atom. The van der Waals surface area contributed by atoms with Gasteiger partial charge in [-0.25, -0.2) is 0 Å². The summed E-state index contributed by atoms with van der Waals surface area (Å²) < 4.78 is 0.983. The molecule has 2 nitrogen and oxygen atoms in total. The van der Waals surface area contributed by atoms with Crippen LogP contribution < -0.4 is 5.73 Å². The van der Waals surface area contributed by atoms with Crippen LogP contribution in [0.25, 0.3) is 0 Å². The van der Waals surface area contributed by atoms with Gasteiger partial charge in [0.1, 0.15) is 0 Å². The van der Waals surface area contributed by atoms with Gasteiger partial charge in [0.15, 0.2) is 5.78 Å². The zero-order valence-corrected chi connectivity index (χ0v) is 10.1. The number of carbonyl (C=O) groups excluding carboxylic acids is 1. The van der Waals surface area contributed by atoms with E-state index in [9.17, 15) is 4.79 Å². The van der Waals surface area contributed by atoms with E-state index in [4.69, 9.17) is 5.73 Å². The zero-order chi connectivity index (χ0) is 10.9. The van der Waals surface area contributed by atoms with E-state index >= 15 is 0 Å². The summed E-state index contributed by atoms with van der Waals surface area (Å²) >= 11 is 3.35. The number of ketones is 1. The van der Waals surface area contributed by atoms with Gasteiger partial charge in [0.05, 0.1) is 5.54 Å². The maximum Gasteiger partial charge on any atom is 0.182 e. The molecule has 1 aromatic carbocycles. The first-order chi connectivity index (χ1) is 7.12. The van der Waals surface area contributed by atoms with Crippen LogP contribution >= 0.6 is 15.9 Å². The molecule has 2 N–H and O–H groups in total. The fourth-order valence-corrected chi connectivity index (χ4v) is 2.39. The van der Waals surface area contributed by atoms with Gasteiger partial charge in [0.2, 0.25) is 0 Å². The molecule has 1 fully saturated rings. The quantitative estimate of drug-likeness (QED) is 0.838. The molecule has 0 aromatic heterocycles. The molecule has 0 atom stereocenters. The summed E-state index contributed by atoms with van der Waals surface area (Å²) in [6.07, 6.45) is 3.78. The molecule has 3 heteroatoms. The monoisotopic (exact) mass is 267 g/mol. The van der Waals surface area contributed by atoms with E-state index in [2.05, 4.69) is 15.9 Å². The van der Waals surface area contributed by atoms with Crippen LogP contribution in [0, 0.1) is 0 Å². The van der Waals surface area contributed by atoms with E-state index in [-0.39, 0.29) is 5.78 Å². The highest BCUT2D eigenvalue weighted by Gasteiger charge is 2.37. The Morgan fingerprint density at radius 3 is 2.27 bits per heavy atom. The number of hydrogen-bond acceptors (Lipinski definition) is 2. The Kier molecular flexibility index (Phi) is 2.94. The molecule has 0 radical (unpaired) electrons. The van der Waals surface area contributed by atoms with E-state index in [0.717, 1.165) is 35.7 Å². The summed E-state index contributed by atoms with van der Waals surface area (Å²) in [7, 11) is 0. The van der Waals surface area contributed by atoms with E-state index in [1.807, 2.05) is 24.3 Å². The van der Waals surface area contributed by atoms with Crippen molar-refractivity contribution < 1.29 is 4.79 Å². The van der Waals surface area contributed by atoms with Gasteiger partial charge in [-0.05, 0) is 25.0 Å². The van der Waals surface area contributed by atoms with Gasteiger partial charge in [-0.15, -0.1) is 0 Å². The molecule has 1 aromatic rings. The van der Waals surface area contributed by atoms with Crippen molar-refractivity contribution >= 4 is 21.7 Å². The van der Waals surface area contributed by atoms with Crippen molar-refractivity contribution in [1.29, 1.82) is 0 Å². The molecule has 0 heterocycles. The van der Waals surface area contributed by atoms with Crippen LogP contribution in [0.15, 0.2) is 28.7 Å². The Hall–Kier alpha value is -0.670. The molecule has 0 aliphatic heterocycles. The largest absolute Gasteiger partial charge is 0.319 e. The summed E-state index contributed by atoms with van der Waals surface area (Å²) in [6, 6.07) is 7.43. The molecule has 0 unspecified atom stereocenters. The summed E-state index contributed by atoms with van der Waals surface area (Å²) in [5.74, 6) is 0.0903. The van der Waals surface area contributed by atoms with Crippen molar-refractivity contribution in [3.8, 4) is 0 Å². The average Bonchev–Trinajstić information content (AvgIpc) is 2.67. The van der Waals surface area contributed by atoms with Gasteiger partial charge in [-0.2, -0.15) is 0 Å². The number of rotatable bonds is 2. The fourth-order valence-electron chi connectivity index (χ4n) is 2.12. The summed E-state index contributed by atoms with van der Waals surface area (Å²) in [6.45, 7) is 0. The van der Waals surface area contributed by atoms with E-state index in [1.54, 1.807) is 0 Å². The molecule has 0 spiro atoms. The van der Waals surface area contributed by atoms with Gasteiger partial charge in [-0.1, -0.05) is 40.9 Å². The van der Waals surface area contributed by atoms with Crippen LogP contribution in [0.2, 0.25) is 0 Å². The van der Waals surface area contributed by atoms with Crippen molar-refractivity contribution in [2.24, 2.45) is 5.73 Å². The van der Waals surface area contributed by atoms with Gasteiger partial charge < -0.3 is 5.73 Å². The van der Waals surface area contributed by atoms with Crippen molar-refractivity contribution in [2.45, 2.75) is 31.2 Å². The normalized spacial score (nSPS) is 19.1. The second-order valence-corrected chi connectivity index (χ2v) is 5.11. The first-order valence-corrected chi connectivity index (χ1v) is 6.00. The lowest BCUT2D eigenvalue weighted by Crippen LogP contribution is -2.45. The highest BCUT2D eigenvalue weighted by atomic mass is 79.9. The van der Waals surface area contributed by atoms with Gasteiger partial charge in [0.25, 0.3) is 0 Å². The predicted molar refractivity (Wildman–Crippen MR) is 63.9 cm³/mol. The average molecular weight is 268 g/mol. The number of halogens is 1. The van der Waals surface area contributed by atoms with Crippen LogP contribution in [-0.4, -0.2) is 11.3 Å². The zero-order valence-electron chi connectivity index (χ0n) is 8.50. The SMILES string of the molecule is NC1(C(=O)c2ccc(Br)cc2)CCCC1. The van der Waals surface area contributed by atoms with Crippen LogP contribution in [-0.2, 0) is 0 Å². The highest BCUT2D eigenvalue weighted by Crippen LogP contribution is 2.30. The maximum atomic E-state index is 12.1. The molecular formula is C12H14BrNO. The molecule has 15 heavy (non-hydrogen) atoms. The summed E-state index contributed by atoms with van der Waals surface area (Å²) in [4.78, 5) is 12.1. The molecule has 2 rings (SSSR count). The molecule has 1 saturated carbocycles. The Balaban J connectivity index is 2.24. The fraction of sp³-hybridized carbons (Fsp3) is 0.417. The lowest BCUT2D eigenvalue weighted by molar-refractivity contribution is 0.0892. The van der Waals surface area contributed by atoms with Gasteiger partial charge in [0, 0.05) is 10.0 Å². The smallest absolute Gasteiger partial charge is 0.182 e. The van der Waals surface area contributed by atoms with Crippen molar-refractivity contribution in [1.82, 2.24) is 0 Å². The molecule has 0 amide bonds. The third-order valence-corrected chi connectivity index (χ3v) is 3.58. The summed E-state index contributed by atoms with van der Waals surface area (Å²) in [5, 5.41) is 0. The van der Waals surface area contributed by atoms with Crippen LogP contribution in [0.4, 0.5) is 0 Å². The molecule has 0 saturated heterocycles. The minimum atomic E-state index is -0.603. The molecule has 80 valence electrons. The first-order valence-electron chi connectivity index (χ1n) is 5.21. The van der Waals surface area contributed by atoms with Crippen LogP contribution in [0.5, 0.6) is 0 Å². The predicted octanol–water partition coefficient (Wildman–Crippen LogP) is 2.90. The number of nitrogens with two attached hydrogens (primary N) is 1. The Bertz CT molecular complexity index is 366. The Labute approximate surface area is 98.0 Å². The number of hydrogen-bond donors (Lipinski definition) is 1. The van der Waals surface area contributed by atoms with E-state index in [1.165, 1.54) is 0 Å². The standard InChI is InChI=1S/C12H14BrNO/c13-10-5-3-9(4-6-10)11(15)12(14)7-1-2-8-12/h3-6H,1-2,7-8,14H2. The van der Waals surface area contributed by atoms with Crippen molar-refractivity contribution in [3.63, 3.8) is 0 Å². The lowest BCUT2D eigenvalue weighted by atomic mass is 9.89. The highest BCUT2D eigenvalue weighted by molar-refractivity contribution is 9.10. The first kappa shape index (κ1) is 10.8. The number of Topliss-reactive ketones (excluding diaryl/α,β-unsaturated/α-hetero) is 1. The molecule has 0 bridgehead atoms. The van der Waals surface area contributed by atoms with Crippen molar-refractivity contribution in [3.05, 3.63) is 34.3 Å². The molecule has 1 aliphatic carbocycles. The second kappa shape index (κ2) is 4.06. The lowest BCUT2D eigenvalue weighted by Gasteiger charge is -2.21. The topological polar surface area (TPSA) is 43.1 Å². The molecule has 1 aliphatic rings.